The second-order valence-corrected chi connectivity index (χ2v) is 4.01. The van der Waals surface area contributed by atoms with Crippen LogP contribution in [-0.2, 0) is 7.05 Å². The molecule has 0 spiro atoms. The molecule has 0 saturated heterocycles. The molecule has 5 nitrogen and oxygen atoms in total. The van der Waals surface area contributed by atoms with Crippen LogP contribution in [0.5, 0.6) is 0 Å². The molecule has 1 unspecified atom stereocenters. The zero-order valence-electron chi connectivity index (χ0n) is 10.2. The van der Waals surface area contributed by atoms with Crippen molar-refractivity contribution >= 4 is 0 Å². The summed E-state index contributed by atoms with van der Waals surface area (Å²) in [4.78, 5) is 0. The van der Waals surface area contributed by atoms with Gasteiger partial charge in [0.15, 0.2) is 0 Å². The van der Waals surface area contributed by atoms with E-state index in [9.17, 15) is 0 Å². The van der Waals surface area contributed by atoms with Gasteiger partial charge >= 0.3 is 0 Å². The number of hydrogen-bond acceptors (Lipinski definition) is 4. The Morgan fingerprint density at radius 2 is 2.18 bits per heavy atom. The fraction of sp³-hybridized carbons (Fsp3) is 0.417. The van der Waals surface area contributed by atoms with Gasteiger partial charge in [-0.15, -0.1) is 0 Å². The molecule has 17 heavy (non-hydrogen) atoms. The highest BCUT2D eigenvalue weighted by Crippen LogP contribution is 2.20. The molecule has 0 aliphatic rings. The molecule has 0 amide bonds. The normalized spacial score (nSPS) is 12.6. The average molecular weight is 231 g/mol. The van der Waals surface area contributed by atoms with Crippen LogP contribution >= 0.6 is 0 Å². The minimum atomic E-state index is 0.138. The van der Waals surface area contributed by atoms with Gasteiger partial charge in [0.05, 0.1) is 18.4 Å². The summed E-state index contributed by atoms with van der Waals surface area (Å²) in [7, 11) is 1.92. The van der Waals surface area contributed by atoms with Gasteiger partial charge < -0.3 is 5.32 Å². The van der Waals surface area contributed by atoms with E-state index < -0.39 is 0 Å². The lowest BCUT2D eigenvalue weighted by molar-refractivity contribution is 0.595. The second kappa shape index (κ2) is 5.54. The van der Waals surface area contributed by atoms with Gasteiger partial charge in [0, 0.05) is 25.0 Å². The highest BCUT2D eigenvalue weighted by atomic mass is 15.2. The van der Waals surface area contributed by atoms with Crippen molar-refractivity contribution in [3.05, 3.63) is 42.0 Å². The number of rotatable bonds is 5. The first kappa shape index (κ1) is 11.7. The number of nitrogens with one attached hydrogen (secondary N) is 1. The van der Waals surface area contributed by atoms with Crippen molar-refractivity contribution in [1.29, 1.82) is 0 Å². The van der Waals surface area contributed by atoms with Gasteiger partial charge in [0.1, 0.15) is 0 Å². The molecule has 2 rings (SSSR count). The third-order valence-electron chi connectivity index (χ3n) is 2.60. The lowest BCUT2D eigenvalue weighted by Crippen LogP contribution is -2.23. The number of nitrogens with zero attached hydrogens (tertiary/aromatic N) is 4. The summed E-state index contributed by atoms with van der Waals surface area (Å²) in [6, 6.07) is 2.12. The van der Waals surface area contributed by atoms with Crippen LogP contribution in [0.2, 0.25) is 0 Å². The van der Waals surface area contributed by atoms with Crippen LogP contribution in [0.15, 0.2) is 30.9 Å². The summed E-state index contributed by atoms with van der Waals surface area (Å²) in [5.74, 6) is 0. The lowest BCUT2D eigenvalue weighted by Gasteiger charge is -2.16. The van der Waals surface area contributed by atoms with Gasteiger partial charge in [0.2, 0.25) is 0 Å². The molecule has 0 bridgehead atoms. The maximum atomic E-state index is 4.21. The van der Waals surface area contributed by atoms with Gasteiger partial charge in [-0.3, -0.25) is 4.68 Å². The predicted octanol–water partition coefficient (Wildman–Crippen LogP) is 1.30. The first-order chi connectivity index (χ1) is 8.31. The van der Waals surface area contributed by atoms with Crippen molar-refractivity contribution in [1.82, 2.24) is 25.3 Å². The summed E-state index contributed by atoms with van der Waals surface area (Å²) in [6.45, 7) is 3.11. The van der Waals surface area contributed by atoms with E-state index in [1.807, 2.05) is 30.2 Å². The van der Waals surface area contributed by atoms with Crippen LogP contribution in [0.3, 0.4) is 0 Å². The summed E-state index contributed by atoms with van der Waals surface area (Å²) in [5, 5.41) is 15.4. The number of aromatic nitrogens is 4. The fourth-order valence-corrected chi connectivity index (χ4v) is 1.78. The van der Waals surface area contributed by atoms with Crippen molar-refractivity contribution in [2.45, 2.75) is 19.4 Å². The van der Waals surface area contributed by atoms with Crippen molar-refractivity contribution in [2.75, 3.05) is 6.54 Å². The van der Waals surface area contributed by atoms with Gasteiger partial charge in [-0.25, -0.2) is 0 Å². The SMILES string of the molecule is CCCNC(c1ccnnc1)c1cnn(C)c1. The van der Waals surface area contributed by atoms with Crippen molar-refractivity contribution in [3.63, 3.8) is 0 Å². The molecular weight excluding hydrogens is 214 g/mol. The van der Waals surface area contributed by atoms with E-state index in [4.69, 9.17) is 0 Å². The smallest absolute Gasteiger partial charge is 0.0624 e. The third kappa shape index (κ3) is 2.88. The van der Waals surface area contributed by atoms with Crippen LogP contribution in [0.1, 0.15) is 30.5 Å². The average Bonchev–Trinajstić information content (AvgIpc) is 2.78. The summed E-state index contributed by atoms with van der Waals surface area (Å²) < 4.78 is 1.81. The molecule has 1 N–H and O–H groups in total. The van der Waals surface area contributed by atoms with Crippen molar-refractivity contribution in [3.8, 4) is 0 Å². The molecule has 0 saturated carbocycles. The molecular formula is C12H17N5. The second-order valence-electron chi connectivity index (χ2n) is 4.01. The standard InChI is InChI=1S/C12H17N5/c1-3-5-13-12(10-4-6-14-15-7-10)11-8-16-17(2)9-11/h4,6-9,12-13H,3,5H2,1-2H3. The highest BCUT2D eigenvalue weighted by Gasteiger charge is 2.14. The quantitative estimate of drug-likeness (QED) is 0.842. The maximum absolute atomic E-state index is 4.21. The molecule has 1 atom stereocenters. The maximum Gasteiger partial charge on any atom is 0.0624 e. The Hall–Kier alpha value is -1.75. The van der Waals surface area contributed by atoms with E-state index in [-0.39, 0.29) is 6.04 Å². The number of hydrogen-bond donors (Lipinski definition) is 1. The molecule has 0 radical (unpaired) electrons. The van der Waals surface area contributed by atoms with E-state index in [0.29, 0.717) is 0 Å². The van der Waals surface area contributed by atoms with Crippen LogP contribution in [0.4, 0.5) is 0 Å². The monoisotopic (exact) mass is 231 g/mol. The van der Waals surface area contributed by atoms with Crippen LogP contribution < -0.4 is 5.32 Å². The van der Waals surface area contributed by atoms with Gasteiger partial charge in [0.25, 0.3) is 0 Å². The fourth-order valence-electron chi connectivity index (χ4n) is 1.78. The van der Waals surface area contributed by atoms with Gasteiger partial charge in [-0.1, -0.05) is 6.92 Å². The van der Waals surface area contributed by atoms with Crippen LogP contribution in [0.25, 0.3) is 0 Å². The van der Waals surface area contributed by atoms with Crippen LogP contribution in [-0.4, -0.2) is 26.5 Å². The molecule has 90 valence electrons. The Kier molecular flexibility index (Phi) is 3.82. The van der Waals surface area contributed by atoms with Crippen molar-refractivity contribution in [2.24, 2.45) is 7.05 Å². The Morgan fingerprint density at radius 1 is 1.29 bits per heavy atom. The van der Waals surface area contributed by atoms with E-state index in [1.165, 1.54) is 0 Å². The summed E-state index contributed by atoms with van der Waals surface area (Å²) in [5.41, 5.74) is 2.26. The van der Waals surface area contributed by atoms with Gasteiger partial charge in [-0.2, -0.15) is 15.3 Å². The van der Waals surface area contributed by atoms with E-state index in [2.05, 4.69) is 27.5 Å². The Morgan fingerprint density at radius 3 is 2.76 bits per heavy atom. The molecule has 5 heteroatoms. The zero-order chi connectivity index (χ0) is 12.1. The molecule has 2 aromatic rings. The molecule has 2 heterocycles. The lowest BCUT2D eigenvalue weighted by atomic mass is 10.0. The first-order valence-electron chi connectivity index (χ1n) is 5.79. The molecule has 2 aromatic heterocycles. The Balaban J connectivity index is 2.25. The molecule has 0 fully saturated rings. The molecule has 0 aromatic carbocycles. The van der Waals surface area contributed by atoms with E-state index in [0.717, 1.165) is 24.1 Å². The minimum Gasteiger partial charge on any atom is -0.306 e. The Bertz CT molecular complexity index is 451. The number of aryl methyl sites for hydroxylation is 1. The van der Waals surface area contributed by atoms with E-state index >= 15 is 0 Å². The summed E-state index contributed by atoms with van der Waals surface area (Å²) in [6.07, 6.45) is 8.50. The van der Waals surface area contributed by atoms with E-state index in [1.54, 1.807) is 12.4 Å². The topological polar surface area (TPSA) is 55.6 Å². The van der Waals surface area contributed by atoms with Crippen molar-refractivity contribution < 1.29 is 0 Å². The zero-order valence-corrected chi connectivity index (χ0v) is 10.2. The van der Waals surface area contributed by atoms with Crippen LogP contribution in [0, 0.1) is 0 Å². The minimum absolute atomic E-state index is 0.138. The van der Waals surface area contributed by atoms with Gasteiger partial charge in [-0.05, 0) is 24.6 Å². The largest absolute Gasteiger partial charge is 0.306 e. The summed E-state index contributed by atoms with van der Waals surface area (Å²) >= 11 is 0. The molecule has 0 aliphatic carbocycles. The predicted molar refractivity (Wildman–Crippen MR) is 65.4 cm³/mol. The third-order valence-corrected chi connectivity index (χ3v) is 2.60. The molecule has 0 aliphatic heterocycles. The first-order valence-corrected chi connectivity index (χ1v) is 5.79. The Labute approximate surface area is 101 Å². The highest BCUT2D eigenvalue weighted by molar-refractivity contribution is 5.25.